The number of hydrogen-bond acceptors (Lipinski definition) is 6. The van der Waals surface area contributed by atoms with Gasteiger partial charge in [-0.05, 0) is 12.8 Å². The first kappa shape index (κ1) is 16.2. The summed E-state index contributed by atoms with van der Waals surface area (Å²) in [4.78, 5) is 32.6. The third-order valence-electron chi connectivity index (χ3n) is 4.09. The van der Waals surface area contributed by atoms with E-state index < -0.39 is 0 Å². The van der Waals surface area contributed by atoms with Crippen molar-refractivity contribution in [3.63, 3.8) is 0 Å². The molecule has 0 fully saturated rings. The molecule has 0 amide bonds. The Bertz CT molecular complexity index is 977. The van der Waals surface area contributed by atoms with Crippen LogP contribution in [-0.2, 0) is 27.1 Å². The van der Waals surface area contributed by atoms with Gasteiger partial charge in [-0.15, -0.1) is 0 Å². The van der Waals surface area contributed by atoms with Gasteiger partial charge in [-0.25, -0.2) is 9.78 Å². The van der Waals surface area contributed by atoms with Gasteiger partial charge in [-0.1, -0.05) is 11.6 Å². The second-order valence-electron chi connectivity index (χ2n) is 5.86. The van der Waals surface area contributed by atoms with Crippen LogP contribution in [0.3, 0.4) is 0 Å². The fourth-order valence-corrected chi connectivity index (χ4v) is 2.75. The molecular weight excluding hydrogens is 312 g/mol. The summed E-state index contributed by atoms with van der Waals surface area (Å²) in [5.41, 5.74) is 0.208. The number of nitrogens with zero attached hydrogens (tertiary/aromatic N) is 6. The van der Waals surface area contributed by atoms with E-state index in [0.717, 1.165) is 36.1 Å². The van der Waals surface area contributed by atoms with Crippen molar-refractivity contribution in [3.05, 3.63) is 38.9 Å². The Hall–Kier alpha value is -2.71. The number of fused-ring (bicyclic) bond motifs is 1. The number of unbranched alkanes of at least 4 members (excludes halogenated alkanes) is 2. The van der Waals surface area contributed by atoms with Gasteiger partial charge in [0.2, 0.25) is 5.89 Å². The quantitative estimate of drug-likeness (QED) is 0.611. The van der Waals surface area contributed by atoms with E-state index in [0.29, 0.717) is 23.6 Å². The lowest BCUT2D eigenvalue weighted by atomic mass is 10.2. The third kappa shape index (κ3) is 2.89. The van der Waals surface area contributed by atoms with Crippen molar-refractivity contribution >= 4 is 11.2 Å². The highest BCUT2D eigenvalue weighted by Gasteiger charge is 2.13. The summed E-state index contributed by atoms with van der Waals surface area (Å²) in [5, 5.41) is 3.87. The normalized spacial score (nSPS) is 11.5. The lowest BCUT2D eigenvalue weighted by Gasteiger charge is -2.06. The molecule has 0 N–H and O–H groups in total. The first-order chi connectivity index (χ1) is 11.5. The molecule has 128 valence electrons. The molecule has 9 nitrogen and oxygen atoms in total. The van der Waals surface area contributed by atoms with Gasteiger partial charge in [-0.2, -0.15) is 4.98 Å². The summed E-state index contributed by atoms with van der Waals surface area (Å²) in [7, 11) is 3.10. The average molecular weight is 332 g/mol. The maximum atomic E-state index is 12.3. The standard InChI is InChI=1S/C15H20N6O3/c1-10-17-11(18-24-10)7-5-4-6-8-21-9-16-13-12(21)14(22)20(3)15(23)19(13)2/h9H,4-8H2,1-3H3. The molecule has 3 aromatic rings. The minimum absolute atomic E-state index is 0.312. The van der Waals surface area contributed by atoms with E-state index in [1.54, 1.807) is 20.3 Å². The van der Waals surface area contributed by atoms with Crippen molar-refractivity contribution in [2.45, 2.75) is 39.2 Å². The highest BCUT2D eigenvalue weighted by Crippen LogP contribution is 2.09. The first-order valence-corrected chi connectivity index (χ1v) is 7.89. The second-order valence-corrected chi connectivity index (χ2v) is 5.86. The molecule has 0 bridgehead atoms. The van der Waals surface area contributed by atoms with Gasteiger partial charge in [-0.3, -0.25) is 13.9 Å². The van der Waals surface area contributed by atoms with Crippen LogP contribution in [0.25, 0.3) is 11.2 Å². The number of aromatic nitrogens is 6. The highest BCUT2D eigenvalue weighted by molar-refractivity contribution is 5.69. The summed E-state index contributed by atoms with van der Waals surface area (Å²) in [5.74, 6) is 1.31. The van der Waals surface area contributed by atoms with Gasteiger partial charge in [0.15, 0.2) is 17.0 Å². The molecule has 0 radical (unpaired) electrons. The third-order valence-corrected chi connectivity index (χ3v) is 4.09. The Morgan fingerprint density at radius 3 is 2.62 bits per heavy atom. The predicted octanol–water partition coefficient (Wildman–Crippen LogP) is 0.538. The minimum Gasteiger partial charge on any atom is -0.340 e. The lowest BCUT2D eigenvalue weighted by molar-refractivity contribution is 0.386. The number of aryl methyl sites for hydroxylation is 4. The van der Waals surface area contributed by atoms with E-state index in [-0.39, 0.29) is 11.2 Å². The first-order valence-electron chi connectivity index (χ1n) is 7.89. The zero-order chi connectivity index (χ0) is 17.3. The molecule has 0 saturated carbocycles. The molecule has 3 heterocycles. The van der Waals surface area contributed by atoms with Crippen molar-refractivity contribution in [1.29, 1.82) is 0 Å². The van der Waals surface area contributed by atoms with Crippen LogP contribution in [-0.4, -0.2) is 28.8 Å². The van der Waals surface area contributed by atoms with E-state index in [4.69, 9.17) is 4.52 Å². The molecule has 0 aromatic carbocycles. The molecule has 0 aliphatic rings. The van der Waals surface area contributed by atoms with E-state index >= 15 is 0 Å². The Morgan fingerprint density at radius 2 is 1.92 bits per heavy atom. The highest BCUT2D eigenvalue weighted by atomic mass is 16.5. The van der Waals surface area contributed by atoms with Crippen molar-refractivity contribution in [3.8, 4) is 0 Å². The van der Waals surface area contributed by atoms with Gasteiger partial charge in [0.1, 0.15) is 0 Å². The van der Waals surface area contributed by atoms with Crippen LogP contribution >= 0.6 is 0 Å². The molecule has 0 saturated heterocycles. The van der Waals surface area contributed by atoms with E-state index in [2.05, 4.69) is 15.1 Å². The van der Waals surface area contributed by atoms with Crippen LogP contribution in [0.15, 0.2) is 20.4 Å². The van der Waals surface area contributed by atoms with Crippen LogP contribution in [0, 0.1) is 6.92 Å². The second kappa shape index (κ2) is 6.42. The number of imidazole rings is 1. The lowest BCUT2D eigenvalue weighted by Crippen LogP contribution is -2.37. The van der Waals surface area contributed by atoms with Crippen LogP contribution in [0.5, 0.6) is 0 Å². The largest absolute Gasteiger partial charge is 0.340 e. The molecule has 0 aliphatic heterocycles. The summed E-state index contributed by atoms with van der Waals surface area (Å²) in [6.07, 6.45) is 5.21. The minimum atomic E-state index is -0.367. The molecule has 0 unspecified atom stereocenters. The molecule has 0 spiro atoms. The van der Waals surface area contributed by atoms with Gasteiger partial charge in [0.25, 0.3) is 5.56 Å². The van der Waals surface area contributed by atoms with Gasteiger partial charge in [0, 0.05) is 34.0 Å². The topological polar surface area (TPSA) is 101 Å². The summed E-state index contributed by atoms with van der Waals surface area (Å²) in [6.45, 7) is 2.45. The summed E-state index contributed by atoms with van der Waals surface area (Å²) in [6, 6.07) is 0. The van der Waals surface area contributed by atoms with Crippen LogP contribution in [0.1, 0.15) is 31.0 Å². The monoisotopic (exact) mass is 332 g/mol. The molecule has 3 rings (SSSR count). The van der Waals surface area contributed by atoms with E-state index in [9.17, 15) is 9.59 Å². The van der Waals surface area contributed by atoms with Crippen molar-refractivity contribution in [2.75, 3.05) is 0 Å². The van der Waals surface area contributed by atoms with E-state index in [1.165, 1.54) is 11.6 Å². The molecule has 0 aliphatic carbocycles. The van der Waals surface area contributed by atoms with Crippen LogP contribution in [0.2, 0.25) is 0 Å². The number of rotatable bonds is 6. The predicted molar refractivity (Wildman–Crippen MR) is 86.8 cm³/mol. The SMILES string of the molecule is Cc1nc(CCCCCn2cnc3c2c(=O)n(C)c(=O)n3C)no1. The zero-order valence-electron chi connectivity index (χ0n) is 14.0. The zero-order valence-corrected chi connectivity index (χ0v) is 14.0. The Kier molecular flexibility index (Phi) is 4.32. The van der Waals surface area contributed by atoms with Gasteiger partial charge < -0.3 is 9.09 Å². The van der Waals surface area contributed by atoms with Crippen LogP contribution < -0.4 is 11.2 Å². The Balaban J connectivity index is 1.66. The summed E-state index contributed by atoms with van der Waals surface area (Å²) < 4.78 is 9.26. The fourth-order valence-electron chi connectivity index (χ4n) is 2.75. The van der Waals surface area contributed by atoms with Crippen LogP contribution in [0.4, 0.5) is 0 Å². The van der Waals surface area contributed by atoms with Gasteiger partial charge >= 0.3 is 5.69 Å². The molecular formula is C15H20N6O3. The Labute approximate surface area is 137 Å². The maximum absolute atomic E-state index is 12.3. The fraction of sp³-hybridized carbons (Fsp3) is 0.533. The Morgan fingerprint density at radius 1 is 1.12 bits per heavy atom. The maximum Gasteiger partial charge on any atom is 0.332 e. The molecule has 24 heavy (non-hydrogen) atoms. The summed E-state index contributed by atoms with van der Waals surface area (Å²) >= 11 is 0. The average Bonchev–Trinajstić information content (AvgIpc) is 3.17. The molecule has 9 heteroatoms. The molecule has 0 atom stereocenters. The van der Waals surface area contributed by atoms with E-state index in [1.807, 2.05) is 4.57 Å². The van der Waals surface area contributed by atoms with Gasteiger partial charge in [0.05, 0.1) is 6.33 Å². The smallest absolute Gasteiger partial charge is 0.332 e. The number of hydrogen-bond donors (Lipinski definition) is 0. The van der Waals surface area contributed by atoms with Crippen molar-refractivity contribution in [2.24, 2.45) is 14.1 Å². The van der Waals surface area contributed by atoms with Crippen molar-refractivity contribution < 1.29 is 4.52 Å². The molecule has 3 aromatic heterocycles. The van der Waals surface area contributed by atoms with Crippen molar-refractivity contribution in [1.82, 2.24) is 28.8 Å².